The van der Waals surface area contributed by atoms with Gasteiger partial charge in [0.05, 0.1) is 11.3 Å². The fourth-order valence-electron chi connectivity index (χ4n) is 6.04. The molecule has 2 saturated heterocycles. The number of nitrogen functional groups attached to an aromatic ring is 1. The smallest absolute Gasteiger partial charge is 0.165 e. The minimum absolute atomic E-state index is 0.460. The predicted octanol–water partition coefficient (Wildman–Crippen LogP) is 4.59. The number of imidazole rings is 1. The second-order valence-electron chi connectivity index (χ2n) is 10.6. The first-order valence-corrected chi connectivity index (χ1v) is 13.2. The first-order chi connectivity index (χ1) is 18.2. The summed E-state index contributed by atoms with van der Waals surface area (Å²) in [6.07, 6.45) is 11.8. The number of nitrogens with one attached hydrogen (secondary N) is 1. The van der Waals surface area contributed by atoms with Crippen molar-refractivity contribution in [3.05, 3.63) is 84.2 Å². The average molecular weight is 490 g/mol. The molecular formula is C30H31N7. The zero-order valence-corrected chi connectivity index (χ0v) is 20.9. The first kappa shape index (κ1) is 22.4. The highest BCUT2D eigenvalue weighted by molar-refractivity contribution is 5.85. The standard InChI is InChI=1S/C30H31N7/c31-27-24(7-4-15-33-27)28-35-26-13-12-25(22-5-2-1-3-6-22)34-29(26)37(28)23-10-8-21(9-11-23)17-36-19-30(20-36)14-16-32-18-30/h2,4-13,15,32H,1,3,14,16-20H2,(H2,31,33). The molecule has 2 aliphatic heterocycles. The first-order valence-electron chi connectivity index (χ1n) is 13.2. The maximum atomic E-state index is 6.31. The number of nitrogens with zero attached hydrogens (tertiary/aromatic N) is 5. The van der Waals surface area contributed by atoms with E-state index in [0.29, 0.717) is 11.2 Å². The van der Waals surface area contributed by atoms with Crippen LogP contribution in [0.4, 0.5) is 5.82 Å². The van der Waals surface area contributed by atoms with Gasteiger partial charge in [0, 0.05) is 43.5 Å². The van der Waals surface area contributed by atoms with Gasteiger partial charge in [-0.25, -0.2) is 15.0 Å². The Morgan fingerprint density at radius 1 is 1.00 bits per heavy atom. The Morgan fingerprint density at radius 3 is 2.65 bits per heavy atom. The third-order valence-corrected chi connectivity index (χ3v) is 7.93. The van der Waals surface area contributed by atoms with E-state index in [2.05, 4.69) is 74.4 Å². The molecule has 0 saturated carbocycles. The highest BCUT2D eigenvalue weighted by atomic mass is 15.2. The van der Waals surface area contributed by atoms with Crippen LogP contribution >= 0.6 is 0 Å². The van der Waals surface area contributed by atoms with Crippen molar-refractivity contribution in [1.82, 2.24) is 29.7 Å². The number of hydrogen-bond donors (Lipinski definition) is 2. The molecule has 7 heteroatoms. The minimum Gasteiger partial charge on any atom is -0.383 e. The monoisotopic (exact) mass is 489 g/mol. The molecule has 37 heavy (non-hydrogen) atoms. The molecule has 3 aliphatic rings. The summed E-state index contributed by atoms with van der Waals surface area (Å²) in [6.45, 7) is 5.69. The fraction of sp³-hybridized carbons (Fsp3) is 0.300. The second-order valence-corrected chi connectivity index (χ2v) is 10.6. The predicted molar refractivity (Wildman–Crippen MR) is 148 cm³/mol. The van der Waals surface area contributed by atoms with Crippen molar-refractivity contribution in [3.8, 4) is 17.1 Å². The van der Waals surface area contributed by atoms with Crippen LogP contribution in [-0.4, -0.2) is 50.6 Å². The van der Waals surface area contributed by atoms with Crippen LogP contribution in [-0.2, 0) is 6.54 Å². The van der Waals surface area contributed by atoms with Gasteiger partial charge >= 0.3 is 0 Å². The van der Waals surface area contributed by atoms with Crippen LogP contribution in [0.25, 0.3) is 33.8 Å². The Kier molecular flexibility index (Phi) is 5.41. The molecule has 0 radical (unpaired) electrons. The molecule has 186 valence electrons. The maximum absolute atomic E-state index is 6.31. The average Bonchev–Trinajstić information content (AvgIpc) is 3.55. The maximum Gasteiger partial charge on any atom is 0.165 e. The van der Waals surface area contributed by atoms with Gasteiger partial charge in [-0.05, 0) is 73.3 Å². The van der Waals surface area contributed by atoms with Crippen LogP contribution in [0.3, 0.4) is 0 Å². The summed E-state index contributed by atoms with van der Waals surface area (Å²) < 4.78 is 2.12. The summed E-state index contributed by atoms with van der Waals surface area (Å²) in [5, 5.41) is 3.52. The van der Waals surface area contributed by atoms with E-state index in [1.54, 1.807) is 6.20 Å². The lowest BCUT2D eigenvalue weighted by Gasteiger charge is -2.48. The molecule has 1 aliphatic carbocycles. The molecule has 0 amide bonds. The lowest BCUT2D eigenvalue weighted by molar-refractivity contribution is 0.0103. The van der Waals surface area contributed by atoms with E-state index in [1.807, 2.05) is 12.1 Å². The molecule has 0 atom stereocenters. The highest BCUT2D eigenvalue weighted by Crippen LogP contribution is 2.37. The van der Waals surface area contributed by atoms with E-state index in [0.717, 1.165) is 72.0 Å². The summed E-state index contributed by atoms with van der Waals surface area (Å²) >= 11 is 0. The van der Waals surface area contributed by atoms with Crippen molar-refractivity contribution < 1.29 is 0 Å². The van der Waals surface area contributed by atoms with E-state index in [-0.39, 0.29) is 0 Å². The number of likely N-dealkylation sites (tertiary alicyclic amines) is 1. The Bertz CT molecular complexity index is 1520. The van der Waals surface area contributed by atoms with Crippen molar-refractivity contribution in [3.63, 3.8) is 0 Å². The molecule has 2 fully saturated rings. The van der Waals surface area contributed by atoms with Crippen molar-refractivity contribution >= 4 is 22.6 Å². The molecule has 3 aromatic heterocycles. The van der Waals surface area contributed by atoms with E-state index in [9.17, 15) is 0 Å². The van der Waals surface area contributed by atoms with Gasteiger partial charge in [0.25, 0.3) is 0 Å². The lowest BCUT2D eigenvalue weighted by Crippen LogP contribution is -2.56. The van der Waals surface area contributed by atoms with Gasteiger partial charge in [-0.3, -0.25) is 9.47 Å². The van der Waals surface area contributed by atoms with Crippen LogP contribution in [0.15, 0.2) is 73.0 Å². The summed E-state index contributed by atoms with van der Waals surface area (Å²) in [4.78, 5) is 16.9. The van der Waals surface area contributed by atoms with E-state index in [1.165, 1.54) is 25.1 Å². The van der Waals surface area contributed by atoms with Crippen LogP contribution in [0.1, 0.15) is 30.5 Å². The number of rotatable bonds is 5. The fourth-order valence-corrected chi connectivity index (χ4v) is 6.04. The Hall–Kier alpha value is -3.81. The van der Waals surface area contributed by atoms with Gasteiger partial charge in [-0.15, -0.1) is 0 Å². The number of anilines is 1. The summed E-state index contributed by atoms with van der Waals surface area (Å²) in [6, 6.07) is 16.8. The number of aromatic nitrogens is 4. The normalized spacial score (nSPS) is 18.9. The largest absolute Gasteiger partial charge is 0.383 e. The number of hydrogen-bond acceptors (Lipinski definition) is 6. The van der Waals surface area contributed by atoms with E-state index in [4.69, 9.17) is 15.7 Å². The quantitative estimate of drug-likeness (QED) is 0.426. The SMILES string of the molecule is Nc1ncccc1-c1nc2ccc(C3=CCCC=C3)nc2n1-c1ccc(CN2CC3(CCNC3)C2)cc1. The number of pyridine rings is 2. The number of allylic oxidation sites excluding steroid dienone is 4. The van der Waals surface area contributed by atoms with Gasteiger partial charge in [0.15, 0.2) is 11.5 Å². The van der Waals surface area contributed by atoms with Crippen molar-refractivity contribution in [1.29, 1.82) is 0 Å². The third-order valence-electron chi connectivity index (χ3n) is 7.93. The van der Waals surface area contributed by atoms with Gasteiger partial charge in [-0.2, -0.15) is 0 Å². The van der Waals surface area contributed by atoms with E-state index >= 15 is 0 Å². The molecule has 7 nitrogen and oxygen atoms in total. The Balaban J connectivity index is 1.26. The Labute approximate surface area is 216 Å². The van der Waals surface area contributed by atoms with Gasteiger partial charge < -0.3 is 11.1 Å². The van der Waals surface area contributed by atoms with Gasteiger partial charge in [0.2, 0.25) is 0 Å². The Morgan fingerprint density at radius 2 is 1.89 bits per heavy atom. The molecule has 1 spiro atoms. The van der Waals surface area contributed by atoms with Crippen LogP contribution in [0.2, 0.25) is 0 Å². The zero-order valence-electron chi connectivity index (χ0n) is 20.9. The van der Waals surface area contributed by atoms with Crippen molar-refractivity contribution in [2.75, 3.05) is 31.9 Å². The molecule has 0 unspecified atom stereocenters. The summed E-state index contributed by atoms with van der Waals surface area (Å²) in [7, 11) is 0. The molecule has 4 aromatic rings. The number of fused-ring (bicyclic) bond motifs is 1. The topological polar surface area (TPSA) is 84.9 Å². The molecule has 1 aromatic carbocycles. The van der Waals surface area contributed by atoms with Crippen LogP contribution in [0, 0.1) is 5.41 Å². The second kappa shape index (κ2) is 8.94. The van der Waals surface area contributed by atoms with E-state index < -0.39 is 0 Å². The third kappa shape index (κ3) is 4.04. The molecule has 7 rings (SSSR count). The summed E-state index contributed by atoms with van der Waals surface area (Å²) in [5.74, 6) is 1.21. The van der Waals surface area contributed by atoms with Crippen molar-refractivity contribution in [2.45, 2.75) is 25.8 Å². The zero-order chi connectivity index (χ0) is 24.8. The molecule has 3 N–H and O–H groups in total. The van der Waals surface area contributed by atoms with Gasteiger partial charge in [0.1, 0.15) is 11.3 Å². The summed E-state index contributed by atoms with van der Waals surface area (Å²) in [5.41, 5.74) is 13.7. The van der Waals surface area contributed by atoms with Crippen molar-refractivity contribution in [2.24, 2.45) is 5.41 Å². The highest BCUT2D eigenvalue weighted by Gasteiger charge is 2.44. The molecule has 0 bridgehead atoms. The van der Waals surface area contributed by atoms with Gasteiger partial charge in [-0.1, -0.05) is 30.4 Å². The van der Waals surface area contributed by atoms with Crippen LogP contribution < -0.4 is 11.1 Å². The molecule has 5 heterocycles. The minimum atomic E-state index is 0.460. The molecular weight excluding hydrogens is 458 g/mol. The van der Waals surface area contributed by atoms with Crippen LogP contribution in [0.5, 0.6) is 0 Å². The number of benzene rings is 1. The lowest BCUT2D eigenvalue weighted by atomic mass is 9.79. The number of nitrogens with two attached hydrogens (primary N) is 1.